The highest BCUT2D eigenvalue weighted by Crippen LogP contribution is 2.27. The number of methoxy groups -OCH3 is 1. The van der Waals surface area contributed by atoms with E-state index in [9.17, 15) is 0 Å². The van der Waals surface area contributed by atoms with Crippen LogP contribution < -0.4 is 4.74 Å². The zero-order chi connectivity index (χ0) is 16.1. The van der Waals surface area contributed by atoms with Crippen LogP contribution in [-0.2, 0) is 18.4 Å². The summed E-state index contributed by atoms with van der Waals surface area (Å²) in [5.41, 5.74) is 2.19. The van der Waals surface area contributed by atoms with Crippen LogP contribution in [0.25, 0.3) is 0 Å². The molecule has 0 bridgehead atoms. The van der Waals surface area contributed by atoms with Gasteiger partial charge in [-0.3, -0.25) is 0 Å². The van der Waals surface area contributed by atoms with Gasteiger partial charge in [-0.05, 0) is 23.3 Å². The van der Waals surface area contributed by atoms with Crippen molar-refractivity contribution in [1.82, 2.24) is 9.55 Å². The van der Waals surface area contributed by atoms with Crippen LogP contribution in [0.2, 0.25) is 0 Å². The molecule has 3 aromatic rings. The summed E-state index contributed by atoms with van der Waals surface area (Å²) in [5, 5.41) is 0. The topological polar surface area (TPSA) is 36.3 Å². The molecule has 1 heterocycles. The molecule has 23 heavy (non-hydrogen) atoms. The van der Waals surface area contributed by atoms with Gasteiger partial charge in [-0.25, -0.2) is 4.98 Å². The Kier molecular flexibility index (Phi) is 4.74. The fourth-order valence-corrected chi connectivity index (χ4v) is 2.48. The number of rotatable bonds is 6. The average molecular weight is 308 g/mol. The molecule has 1 atom stereocenters. The fraction of sp³-hybridized carbons (Fsp3) is 0.211. The van der Waals surface area contributed by atoms with Crippen molar-refractivity contribution in [3.8, 4) is 5.75 Å². The minimum absolute atomic E-state index is 0.221. The maximum Gasteiger partial charge on any atom is 0.142 e. The van der Waals surface area contributed by atoms with Crippen molar-refractivity contribution in [2.24, 2.45) is 7.05 Å². The average Bonchev–Trinajstić information content (AvgIpc) is 3.02. The molecular formula is C19H20N2O2. The largest absolute Gasteiger partial charge is 0.497 e. The van der Waals surface area contributed by atoms with E-state index in [-0.39, 0.29) is 6.10 Å². The number of benzene rings is 2. The second-order valence-corrected chi connectivity index (χ2v) is 5.35. The number of aromatic nitrogens is 2. The molecule has 0 amide bonds. The SMILES string of the molecule is COc1ccc(C(OCc2ccccc2)c2nccn2C)cc1. The Bertz CT molecular complexity index is 736. The number of aryl methyl sites for hydroxylation is 1. The van der Waals surface area contributed by atoms with E-state index in [2.05, 4.69) is 17.1 Å². The molecule has 118 valence electrons. The Morgan fingerprint density at radius 1 is 1.04 bits per heavy atom. The number of nitrogens with zero attached hydrogens (tertiary/aromatic N) is 2. The highest BCUT2D eigenvalue weighted by atomic mass is 16.5. The molecule has 1 aromatic heterocycles. The molecule has 4 heteroatoms. The normalized spacial score (nSPS) is 12.1. The zero-order valence-corrected chi connectivity index (χ0v) is 13.3. The zero-order valence-electron chi connectivity index (χ0n) is 13.3. The van der Waals surface area contributed by atoms with E-state index in [1.807, 2.05) is 60.3 Å². The second-order valence-electron chi connectivity index (χ2n) is 5.35. The molecule has 3 rings (SSSR count). The highest BCUT2D eigenvalue weighted by Gasteiger charge is 2.19. The summed E-state index contributed by atoms with van der Waals surface area (Å²) in [6.45, 7) is 0.532. The van der Waals surface area contributed by atoms with Crippen molar-refractivity contribution in [3.05, 3.63) is 83.9 Å². The van der Waals surface area contributed by atoms with Crippen LogP contribution in [0.4, 0.5) is 0 Å². The molecule has 0 radical (unpaired) electrons. The minimum atomic E-state index is -0.221. The van der Waals surface area contributed by atoms with Crippen molar-refractivity contribution < 1.29 is 9.47 Å². The van der Waals surface area contributed by atoms with E-state index in [0.717, 1.165) is 22.7 Å². The smallest absolute Gasteiger partial charge is 0.142 e. The van der Waals surface area contributed by atoms with Gasteiger partial charge >= 0.3 is 0 Å². The number of imidazole rings is 1. The van der Waals surface area contributed by atoms with E-state index in [1.54, 1.807) is 13.3 Å². The van der Waals surface area contributed by atoms with Crippen LogP contribution in [0.15, 0.2) is 67.0 Å². The summed E-state index contributed by atoms with van der Waals surface area (Å²) < 4.78 is 13.4. The molecule has 1 unspecified atom stereocenters. The number of ether oxygens (including phenoxy) is 2. The third kappa shape index (κ3) is 3.60. The molecule has 0 spiro atoms. The van der Waals surface area contributed by atoms with Gasteiger partial charge in [-0.2, -0.15) is 0 Å². The van der Waals surface area contributed by atoms with E-state index in [4.69, 9.17) is 9.47 Å². The van der Waals surface area contributed by atoms with Crippen LogP contribution in [0.5, 0.6) is 5.75 Å². The molecular weight excluding hydrogens is 288 g/mol. The fourth-order valence-electron chi connectivity index (χ4n) is 2.48. The van der Waals surface area contributed by atoms with Crippen LogP contribution in [-0.4, -0.2) is 16.7 Å². The molecule has 0 aliphatic carbocycles. The predicted octanol–water partition coefficient (Wildman–Crippen LogP) is 3.73. The first-order valence-corrected chi connectivity index (χ1v) is 7.54. The highest BCUT2D eigenvalue weighted by molar-refractivity contribution is 5.31. The Balaban J connectivity index is 1.85. The van der Waals surface area contributed by atoms with Gasteiger partial charge in [-0.15, -0.1) is 0 Å². The molecule has 0 aliphatic heterocycles. The lowest BCUT2D eigenvalue weighted by Gasteiger charge is -2.18. The molecule has 0 aliphatic rings. The van der Waals surface area contributed by atoms with E-state index in [1.165, 1.54) is 0 Å². The van der Waals surface area contributed by atoms with E-state index < -0.39 is 0 Å². The van der Waals surface area contributed by atoms with Gasteiger partial charge in [0.1, 0.15) is 17.7 Å². The quantitative estimate of drug-likeness (QED) is 0.696. The van der Waals surface area contributed by atoms with Crippen LogP contribution in [0, 0.1) is 0 Å². The molecule has 2 aromatic carbocycles. The summed E-state index contributed by atoms with van der Waals surface area (Å²) in [5.74, 6) is 1.71. The van der Waals surface area contributed by atoms with E-state index in [0.29, 0.717) is 6.61 Å². The first-order valence-electron chi connectivity index (χ1n) is 7.54. The van der Waals surface area contributed by atoms with Crippen molar-refractivity contribution in [2.75, 3.05) is 7.11 Å². The first kappa shape index (κ1) is 15.3. The van der Waals surface area contributed by atoms with Gasteiger partial charge in [0.25, 0.3) is 0 Å². The van der Waals surface area contributed by atoms with Gasteiger partial charge in [0, 0.05) is 19.4 Å². The number of hydrogen-bond donors (Lipinski definition) is 0. The summed E-state index contributed by atoms with van der Waals surface area (Å²) in [7, 11) is 3.64. The van der Waals surface area contributed by atoms with Gasteiger partial charge in [0.05, 0.1) is 13.7 Å². The Morgan fingerprint density at radius 3 is 2.39 bits per heavy atom. The van der Waals surface area contributed by atoms with Crippen molar-refractivity contribution in [3.63, 3.8) is 0 Å². The van der Waals surface area contributed by atoms with Gasteiger partial charge in [0.2, 0.25) is 0 Å². The van der Waals surface area contributed by atoms with Gasteiger partial charge in [-0.1, -0.05) is 42.5 Å². The maximum absolute atomic E-state index is 6.19. The predicted molar refractivity (Wildman–Crippen MR) is 89.3 cm³/mol. The minimum Gasteiger partial charge on any atom is -0.497 e. The Labute approximate surface area is 136 Å². The summed E-state index contributed by atoms with van der Waals surface area (Å²) in [6.07, 6.45) is 3.50. The Morgan fingerprint density at radius 2 is 1.78 bits per heavy atom. The summed E-state index contributed by atoms with van der Waals surface area (Å²) in [6, 6.07) is 18.1. The van der Waals surface area contributed by atoms with Gasteiger partial charge in [0.15, 0.2) is 0 Å². The van der Waals surface area contributed by atoms with Crippen LogP contribution >= 0.6 is 0 Å². The number of hydrogen-bond acceptors (Lipinski definition) is 3. The Hall–Kier alpha value is -2.59. The van der Waals surface area contributed by atoms with E-state index >= 15 is 0 Å². The standard InChI is InChI=1S/C19H20N2O2/c1-21-13-12-20-19(21)18(16-8-10-17(22-2)11-9-16)23-14-15-6-4-3-5-7-15/h3-13,18H,14H2,1-2H3. The molecule has 4 nitrogen and oxygen atoms in total. The molecule has 0 fully saturated rings. The lowest BCUT2D eigenvalue weighted by Crippen LogP contribution is -2.11. The van der Waals surface area contributed by atoms with Crippen molar-refractivity contribution >= 4 is 0 Å². The third-order valence-electron chi connectivity index (χ3n) is 3.77. The van der Waals surface area contributed by atoms with Crippen LogP contribution in [0.1, 0.15) is 23.1 Å². The van der Waals surface area contributed by atoms with Gasteiger partial charge < -0.3 is 14.0 Å². The first-order chi connectivity index (χ1) is 11.3. The molecule has 0 saturated carbocycles. The molecule has 0 N–H and O–H groups in total. The monoisotopic (exact) mass is 308 g/mol. The summed E-state index contributed by atoms with van der Waals surface area (Å²) >= 11 is 0. The van der Waals surface area contributed by atoms with Crippen molar-refractivity contribution in [1.29, 1.82) is 0 Å². The molecule has 0 saturated heterocycles. The third-order valence-corrected chi connectivity index (χ3v) is 3.77. The van der Waals surface area contributed by atoms with Crippen molar-refractivity contribution in [2.45, 2.75) is 12.7 Å². The summed E-state index contributed by atoms with van der Waals surface area (Å²) in [4.78, 5) is 4.45. The lowest BCUT2D eigenvalue weighted by molar-refractivity contribution is 0.0593. The lowest BCUT2D eigenvalue weighted by atomic mass is 10.1. The van der Waals surface area contributed by atoms with Crippen LogP contribution in [0.3, 0.4) is 0 Å². The maximum atomic E-state index is 6.19. The second kappa shape index (κ2) is 7.11.